The summed E-state index contributed by atoms with van der Waals surface area (Å²) in [6.07, 6.45) is 2.30. The first-order chi connectivity index (χ1) is 20.5. The Morgan fingerprint density at radius 1 is 1.00 bits per heavy atom. The van der Waals surface area contributed by atoms with Gasteiger partial charge in [0.1, 0.15) is 5.69 Å². The number of carbonyl (C=O) groups excluding carboxylic acids is 2. The molecule has 0 aliphatic carbocycles. The molecule has 2 aliphatic heterocycles. The minimum absolute atomic E-state index is 0.00258. The first-order valence-corrected chi connectivity index (χ1v) is 15.1. The number of aromatic nitrogens is 2. The third kappa shape index (κ3) is 4.94. The fourth-order valence-corrected chi connectivity index (χ4v) is 6.42. The van der Waals surface area contributed by atoms with Crippen LogP contribution in [-0.4, -0.2) is 59.7 Å². The molecule has 0 radical (unpaired) electrons. The minimum Gasteiger partial charge on any atom is -0.322 e. The Morgan fingerprint density at radius 3 is 2.35 bits per heavy atom. The molecule has 2 amide bonds. The van der Waals surface area contributed by atoms with Gasteiger partial charge in [0.15, 0.2) is 0 Å². The second-order valence-electron chi connectivity index (χ2n) is 10.4. The van der Waals surface area contributed by atoms with Gasteiger partial charge in [0.25, 0.3) is 17.7 Å². The summed E-state index contributed by atoms with van der Waals surface area (Å²) in [7, 11) is -3.65. The lowest BCUT2D eigenvalue weighted by Gasteiger charge is -2.37. The lowest BCUT2D eigenvalue weighted by atomic mass is 9.98. The quantitative estimate of drug-likeness (QED) is 0.356. The molecule has 0 bridgehead atoms. The van der Waals surface area contributed by atoms with Gasteiger partial charge in [-0.2, -0.15) is 23.4 Å². The van der Waals surface area contributed by atoms with Crippen LogP contribution in [0.4, 0.5) is 20.2 Å². The highest BCUT2D eigenvalue weighted by molar-refractivity contribution is 7.88. The van der Waals surface area contributed by atoms with Crippen molar-refractivity contribution in [2.45, 2.75) is 18.0 Å². The van der Waals surface area contributed by atoms with Gasteiger partial charge in [-0.15, -0.1) is 0 Å². The molecule has 1 N–H and O–H groups in total. The van der Waals surface area contributed by atoms with Crippen LogP contribution in [0.15, 0.2) is 85.1 Å². The van der Waals surface area contributed by atoms with E-state index >= 15 is 8.78 Å². The van der Waals surface area contributed by atoms with E-state index < -0.39 is 39.8 Å². The highest BCUT2D eigenvalue weighted by Crippen LogP contribution is 2.40. The van der Waals surface area contributed by atoms with Crippen molar-refractivity contribution < 1.29 is 26.8 Å². The summed E-state index contributed by atoms with van der Waals surface area (Å²) in [4.78, 5) is 28.8. The predicted molar refractivity (Wildman–Crippen MR) is 153 cm³/mol. The molecule has 2 aliphatic rings. The number of halogens is 2. The van der Waals surface area contributed by atoms with E-state index in [1.54, 1.807) is 24.3 Å². The van der Waals surface area contributed by atoms with Crippen LogP contribution in [0, 0.1) is 11.3 Å². The summed E-state index contributed by atoms with van der Waals surface area (Å²) in [6.45, 7) is -0.0453. The highest BCUT2D eigenvalue weighted by atomic mass is 32.2. The van der Waals surface area contributed by atoms with Crippen molar-refractivity contribution in [1.82, 2.24) is 14.1 Å². The first-order valence-electron chi connectivity index (χ1n) is 13.2. The zero-order valence-electron chi connectivity index (χ0n) is 22.7. The Hall–Kier alpha value is -4.93. The monoisotopic (exact) mass is 602 g/mol. The van der Waals surface area contributed by atoms with E-state index in [1.807, 2.05) is 6.07 Å². The largest absolute Gasteiger partial charge is 0.322 e. The lowest BCUT2D eigenvalue weighted by molar-refractivity contribution is 0.0428. The third-order valence-corrected chi connectivity index (χ3v) is 8.93. The number of nitrogens with zero attached hydrogens (tertiary/aromatic N) is 5. The summed E-state index contributed by atoms with van der Waals surface area (Å²) >= 11 is 0. The number of fused-ring (bicyclic) bond motifs is 3. The molecule has 43 heavy (non-hydrogen) atoms. The topological polar surface area (TPSA) is 128 Å². The van der Waals surface area contributed by atoms with E-state index in [4.69, 9.17) is 0 Å². The molecule has 218 valence electrons. The average molecular weight is 603 g/mol. The molecule has 4 aromatic rings. The van der Waals surface area contributed by atoms with Crippen molar-refractivity contribution in [2.75, 3.05) is 29.6 Å². The molecular weight excluding hydrogens is 578 g/mol. The van der Waals surface area contributed by atoms with Crippen LogP contribution < -0.4 is 10.2 Å². The first kappa shape index (κ1) is 28.2. The molecule has 13 heteroatoms. The average Bonchev–Trinajstić information content (AvgIpc) is 3.64. The molecule has 1 saturated heterocycles. The second-order valence-corrected chi connectivity index (χ2v) is 12.4. The smallest absolute Gasteiger partial charge is 0.298 e. The minimum atomic E-state index is -3.65. The van der Waals surface area contributed by atoms with Crippen molar-refractivity contribution in [3.05, 3.63) is 113 Å². The molecule has 0 spiro atoms. The highest BCUT2D eigenvalue weighted by Gasteiger charge is 2.50. The van der Waals surface area contributed by atoms with E-state index in [-0.39, 0.29) is 41.2 Å². The molecule has 0 saturated carbocycles. The normalized spacial score (nSPS) is 18.6. The predicted octanol–water partition coefficient (Wildman–Crippen LogP) is 3.99. The van der Waals surface area contributed by atoms with E-state index in [1.165, 1.54) is 74.7 Å². The molecule has 2 atom stereocenters. The Kier molecular flexibility index (Phi) is 6.83. The number of nitriles is 1. The Morgan fingerprint density at radius 2 is 1.67 bits per heavy atom. The Bertz CT molecular complexity index is 1890. The fourth-order valence-electron chi connectivity index (χ4n) is 5.58. The summed E-state index contributed by atoms with van der Waals surface area (Å²) in [5.41, 5.74) is 0.344. The van der Waals surface area contributed by atoms with E-state index in [2.05, 4.69) is 10.4 Å². The van der Waals surface area contributed by atoms with Crippen molar-refractivity contribution in [3.63, 3.8) is 0 Å². The molecule has 0 unspecified atom stereocenters. The molecule has 1 fully saturated rings. The van der Waals surface area contributed by atoms with Gasteiger partial charge in [-0.05, 0) is 30.3 Å². The summed E-state index contributed by atoms with van der Waals surface area (Å²) in [5.74, 6) is -4.58. The third-order valence-electron chi connectivity index (χ3n) is 7.70. The maximum atomic E-state index is 15.2. The van der Waals surface area contributed by atoms with Crippen LogP contribution in [-0.2, 0) is 15.9 Å². The second kappa shape index (κ2) is 10.4. The summed E-state index contributed by atoms with van der Waals surface area (Å²) in [5, 5.41) is 16.2. The molecule has 6 rings (SSSR count). The number of nitrogens with one attached hydrogen (secondary N) is 1. The molecular formula is C30H24F2N6O4S. The van der Waals surface area contributed by atoms with Gasteiger partial charge in [-0.3, -0.25) is 14.3 Å². The van der Waals surface area contributed by atoms with Crippen molar-refractivity contribution in [3.8, 4) is 6.07 Å². The number of amides is 2. The number of hydrogen-bond donors (Lipinski definition) is 1. The molecule has 3 aromatic carbocycles. The van der Waals surface area contributed by atoms with Gasteiger partial charge in [0, 0.05) is 35.6 Å². The van der Waals surface area contributed by atoms with Crippen LogP contribution in [0.25, 0.3) is 0 Å². The number of rotatable bonds is 6. The maximum absolute atomic E-state index is 15.2. The van der Waals surface area contributed by atoms with Gasteiger partial charge in [-0.25, -0.2) is 8.42 Å². The van der Waals surface area contributed by atoms with Crippen LogP contribution >= 0.6 is 0 Å². The van der Waals surface area contributed by atoms with E-state index in [0.29, 0.717) is 11.3 Å². The number of hydrogen-bond acceptors (Lipinski definition) is 6. The summed E-state index contributed by atoms with van der Waals surface area (Å²) < 4.78 is 58.0. The van der Waals surface area contributed by atoms with Crippen LogP contribution in [0.1, 0.15) is 43.6 Å². The number of benzene rings is 3. The standard InChI is InChI=1S/C30H24F2N6O4S/c1-43(41,42)36-17-25-26(18-36)38-27(24(16-34-38)28(39)35-22-9-5-6-19(14-22)15-33)29(40)37(25)23-12-10-21(11-13-23)30(31,32)20-7-3-2-4-8-20/h2-14,16,25-26H,17-18H2,1H3,(H,35,39)/t25-,26+/m0/s1. The van der Waals surface area contributed by atoms with Gasteiger partial charge >= 0.3 is 0 Å². The molecule has 1 aromatic heterocycles. The van der Waals surface area contributed by atoms with E-state index in [9.17, 15) is 23.3 Å². The number of alkyl halides is 2. The van der Waals surface area contributed by atoms with Crippen molar-refractivity contribution in [2.24, 2.45) is 0 Å². The van der Waals surface area contributed by atoms with E-state index in [0.717, 1.165) is 6.26 Å². The Labute approximate surface area is 245 Å². The SMILES string of the molecule is CS(=O)(=O)N1C[C@@H]2[C@H](C1)N(c1ccc(C(F)(F)c3ccccc3)cc1)C(=O)c1c(C(=O)Nc3cccc(C#N)c3)cnn12. The number of sulfonamides is 1. The van der Waals surface area contributed by atoms with Crippen molar-refractivity contribution >= 4 is 33.2 Å². The van der Waals surface area contributed by atoms with Gasteiger partial charge in [0.2, 0.25) is 10.0 Å². The molecule has 3 heterocycles. The van der Waals surface area contributed by atoms with Gasteiger partial charge in [0.05, 0.1) is 41.7 Å². The maximum Gasteiger partial charge on any atom is 0.298 e. The fraction of sp³-hybridized carbons (Fsp3) is 0.200. The van der Waals surface area contributed by atoms with Crippen molar-refractivity contribution in [1.29, 1.82) is 5.26 Å². The van der Waals surface area contributed by atoms with Crippen LogP contribution in [0.5, 0.6) is 0 Å². The summed E-state index contributed by atoms with van der Waals surface area (Å²) in [6, 6.07) is 19.5. The molecule has 10 nitrogen and oxygen atoms in total. The zero-order valence-corrected chi connectivity index (χ0v) is 23.5. The van der Waals surface area contributed by atoms with Crippen LogP contribution in [0.3, 0.4) is 0 Å². The van der Waals surface area contributed by atoms with Gasteiger partial charge in [-0.1, -0.05) is 48.5 Å². The zero-order chi connectivity index (χ0) is 30.5. The number of anilines is 2. The van der Waals surface area contributed by atoms with Gasteiger partial charge < -0.3 is 10.2 Å². The Balaban J connectivity index is 1.39. The lowest BCUT2D eigenvalue weighted by Crippen LogP contribution is -2.51. The van der Waals surface area contributed by atoms with Crippen LogP contribution in [0.2, 0.25) is 0 Å². The number of carbonyl (C=O) groups is 2.